The Hall–Kier alpha value is -2.03. The lowest BCUT2D eigenvalue weighted by Crippen LogP contribution is -2.40. The summed E-state index contributed by atoms with van der Waals surface area (Å²) in [5.74, 6) is -1.21. The first-order valence-corrected chi connectivity index (χ1v) is 10.7. The number of nitrogens with one attached hydrogen (secondary N) is 1. The van der Waals surface area contributed by atoms with Crippen molar-refractivity contribution in [1.29, 1.82) is 0 Å². The SMILES string of the molecule is COc1ccc(C(CNS(=O)(=O)c2ccc(F)cc2F)N2CCCCC2)cc1. The van der Waals surface area contributed by atoms with Gasteiger partial charge < -0.3 is 4.74 Å². The Bertz CT molecular complexity index is 898. The van der Waals surface area contributed by atoms with Gasteiger partial charge in [-0.3, -0.25) is 4.90 Å². The summed E-state index contributed by atoms with van der Waals surface area (Å²) in [6.45, 7) is 1.82. The minimum atomic E-state index is -4.11. The quantitative estimate of drug-likeness (QED) is 0.759. The molecule has 1 heterocycles. The van der Waals surface area contributed by atoms with E-state index in [2.05, 4.69) is 9.62 Å². The third kappa shape index (κ3) is 4.87. The fraction of sp³-hybridized carbons (Fsp3) is 0.400. The van der Waals surface area contributed by atoms with E-state index in [0.29, 0.717) is 6.07 Å². The standard InChI is InChI=1S/C20H24F2N2O3S/c1-27-17-8-5-15(6-9-17)19(24-11-3-2-4-12-24)14-23-28(25,26)20-10-7-16(21)13-18(20)22/h5-10,13,19,23H,2-4,11-12,14H2,1H3. The maximum absolute atomic E-state index is 13.9. The van der Waals surface area contributed by atoms with Gasteiger partial charge >= 0.3 is 0 Å². The molecule has 1 unspecified atom stereocenters. The number of ether oxygens (including phenoxy) is 1. The summed E-state index contributed by atoms with van der Waals surface area (Å²) in [4.78, 5) is 1.68. The smallest absolute Gasteiger partial charge is 0.243 e. The van der Waals surface area contributed by atoms with Crippen LogP contribution in [-0.2, 0) is 10.0 Å². The number of likely N-dealkylation sites (tertiary alicyclic amines) is 1. The fourth-order valence-electron chi connectivity index (χ4n) is 3.47. The van der Waals surface area contributed by atoms with Crippen LogP contribution in [0.2, 0.25) is 0 Å². The van der Waals surface area contributed by atoms with Crippen LogP contribution in [0, 0.1) is 11.6 Å². The summed E-state index contributed by atoms with van der Waals surface area (Å²) in [7, 11) is -2.52. The summed E-state index contributed by atoms with van der Waals surface area (Å²) in [6.07, 6.45) is 3.25. The largest absolute Gasteiger partial charge is 0.497 e. The molecule has 0 spiro atoms. The first kappa shape index (κ1) is 20.7. The molecule has 2 aromatic carbocycles. The average molecular weight is 410 g/mol. The predicted octanol–water partition coefficient (Wildman–Crippen LogP) is 3.48. The number of sulfonamides is 1. The summed E-state index contributed by atoms with van der Waals surface area (Å²) >= 11 is 0. The van der Waals surface area contributed by atoms with Crippen LogP contribution in [0.15, 0.2) is 47.4 Å². The molecule has 152 valence electrons. The highest BCUT2D eigenvalue weighted by Gasteiger charge is 2.26. The molecule has 8 heteroatoms. The zero-order valence-electron chi connectivity index (χ0n) is 15.7. The summed E-state index contributed by atoms with van der Waals surface area (Å²) in [5.41, 5.74) is 0.949. The molecule has 0 saturated carbocycles. The van der Waals surface area contributed by atoms with E-state index in [9.17, 15) is 17.2 Å². The van der Waals surface area contributed by atoms with E-state index in [1.54, 1.807) is 7.11 Å². The molecule has 1 fully saturated rings. The average Bonchev–Trinajstić information content (AvgIpc) is 2.69. The number of methoxy groups -OCH3 is 1. The second-order valence-corrected chi connectivity index (χ2v) is 8.55. The lowest BCUT2D eigenvalue weighted by Gasteiger charge is -2.35. The molecular formula is C20H24F2N2O3S. The zero-order chi connectivity index (χ0) is 20.1. The summed E-state index contributed by atoms with van der Waals surface area (Å²) in [6, 6.07) is 9.74. The first-order chi connectivity index (χ1) is 13.4. The van der Waals surface area contributed by atoms with Gasteiger partial charge in [-0.05, 0) is 55.8 Å². The molecular weight excluding hydrogens is 386 g/mol. The van der Waals surface area contributed by atoms with Gasteiger partial charge in [0.05, 0.1) is 7.11 Å². The highest BCUT2D eigenvalue weighted by Crippen LogP contribution is 2.26. The van der Waals surface area contributed by atoms with Gasteiger partial charge in [0.15, 0.2) is 0 Å². The second-order valence-electron chi connectivity index (χ2n) is 6.81. The van der Waals surface area contributed by atoms with Crippen LogP contribution in [0.4, 0.5) is 8.78 Å². The molecule has 0 aliphatic carbocycles. The lowest BCUT2D eigenvalue weighted by molar-refractivity contribution is 0.164. The van der Waals surface area contributed by atoms with Crippen molar-refractivity contribution < 1.29 is 21.9 Å². The number of nitrogens with zero attached hydrogens (tertiary/aromatic N) is 1. The maximum atomic E-state index is 13.9. The number of hydrogen-bond acceptors (Lipinski definition) is 4. The number of piperidine rings is 1. The van der Waals surface area contributed by atoms with Gasteiger partial charge in [-0.15, -0.1) is 0 Å². The first-order valence-electron chi connectivity index (χ1n) is 9.23. The van der Waals surface area contributed by atoms with Crippen LogP contribution in [0.3, 0.4) is 0 Å². The van der Waals surface area contributed by atoms with Gasteiger partial charge in [-0.25, -0.2) is 21.9 Å². The van der Waals surface area contributed by atoms with E-state index >= 15 is 0 Å². The molecule has 1 N–H and O–H groups in total. The van der Waals surface area contributed by atoms with Crippen molar-refractivity contribution in [3.05, 3.63) is 59.7 Å². The Kier molecular flexibility index (Phi) is 6.64. The monoisotopic (exact) mass is 410 g/mol. The van der Waals surface area contributed by atoms with Crippen molar-refractivity contribution >= 4 is 10.0 Å². The van der Waals surface area contributed by atoms with Gasteiger partial charge in [-0.2, -0.15) is 0 Å². The Morgan fingerprint density at radius 3 is 2.36 bits per heavy atom. The Labute approximate surface area is 164 Å². The van der Waals surface area contributed by atoms with Crippen LogP contribution < -0.4 is 9.46 Å². The molecule has 0 bridgehead atoms. The maximum Gasteiger partial charge on any atom is 0.243 e. The summed E-state index contributed by atoms with van der Waals surface area (Å²) < 4.78 is 59.9. The van der Waals surface area contributed by atoms with Gasteiger partial charge in [-0.1, -0.05) is 18.6 Å². The van der Waals surface area contributed by atoms with Crippen LogP contribution in [-0.4, -0.2) is 40.1 Å². The van der Waals surface area contributed by atoms with Crippen LogP contribution in [0.1, 0.15) is 30.9 Å². The molecule has 1 aliphatic rings. The molecule has 1 saturated heterocycles. The molecule has 2 aromatic rings. The van der Waals surface area contributed by atoms with E-state index in [-0.39, 0.29) is 12.6 Å². The molecule has 5 nitrogen and oxygen atoms in total. The molecule has 1 aliphatic heterocycles. The fourth-order valence-corrected chi connectivity index (χ4v) is 4.57. The molecule has 28 heavy (non-hydrogen) atoms. The van der Waals surface area contributed by atoms with Gasteiger partial charge in [0.25, 0.3) is 0 Å². The molecule has 1 atom stereocenters. The third-order valence-electron chi connectivity index (χ3n) is 4.98. The van der Waals surface area contributed by atoms with Crippen LogP contribution in [0.25, 0.3) is 0 Å². The number of benzene rings is 2. The van der Waals surface area contributed by atoms with Crippen LogP contribution >= 0.6 is 0 Å². The zero-order valence-corrected chi connectivity index (χ0v) is 16.5. The highest BCUT2D eigenvalue weighted by molar-refractivity contribution is 7.89. The minimum absolute atomic E-state index is 0.0888. The van der Waals surface area contributed by atoms with Crippen molar-refractivity contribution in [2.45, 2.75) is 30.2 Å². The van der Waals surface area contributed by atoms with E-state index in [0.717, 1.165) is 55.8 Å². The van der Waals surface area contributed by atoms with Crippen molar-refractivity contribution in [3.8, 4) is 5.75 Å². The number of hydrogen-bond donors (Lipinski definition) is 1. The van der Waals surface area contributed by atoms with Crippen molar-refractivity contribution in [3.63, 3.8) is 0 Å². The Balaban J connectivity index is 1.82. The van der Waals surface area contributed by atoms with Gasteiger partial charge in [0.1, 0.15) is 22.3 Å². The number of rotatable bonds is 7. The lowest BCUT2D eigenvalue weighted by atomic mass is 10.0. The van der Waals surface area contributed by atoms with Crippen LogP contribution in [0.5, 0.6) is 5.75 Å². The third-order valence-corrected chi connectivity index (χ3v) is 6.44. The second kappa shape index (κ2) is 8.98. The minimum Gasteiger partial charge on any atom is -0.497 e. The summed E-state index contributed by atoms with van der Waals surface area (Å²) in [5, 5.41) is 0. The van der Waals surface area contributed by atoms with E-state index in [4.69, 9.17) is 4.74 Å². The number of halogens is 2. The Morgan fingerprint density at radius 1 is 1.07 bits per heavy atom. The molecule has 0 radical (unpaired) electrons. The Morgan fingerprint density at radius 2 is 1.75 bits per heavy atom. The van der Waals surface area contributed by atoms with E-state index in [1.165, 1.54) is 0 Å². The van der Waals surface area contributed by atoms with Crippen molar-refractivity contribution in [1.82, 2.24) is 9.62 Å². The molecule has 3 rings (SSSR count). The normalized spacial score (nSPS) is 16.7. The molecule has 0 amide bonds. The van der Waals surface area contributed by atoms with Gasteiger partial charge in [0, 0.05) is 18.7 Å². The predicted molar refractivity (Wildman–Crippen MR) is 103 cm³/mol. The topological polar surface area (TPSA) is 58.6 Å². The van der Waals surface area contributed by atoms with Gasteiger partial charge in [0.2, 0.25) is 10.0 Å². The van der Waals surface area contributed by atoms with Crippen molar-refractivity contribution in [2.24, 2.45) is 0 Å². The van der Waals surface area contributed by atoms with E-state index < -0.39 is 26.6 Å². The molecule has 0 aromatic heterocycles. The van der Waals surface area contributed by atoms with Crippen molar-refractivity contribution in [2.75, 3.05) is 26.7 Å². The highest BCUT2D eigenvalue weighted by atomic mass is 32.2. The van der Waals surface area contributed by atoms with E-state index in [1.807, 2.05) is 24.3 Å².